The van der Waals surface area contributed by atoms with Crippen LogP contribution in [0.15, 0.2) is 24.3 Å². The number of benzene rings is 1. The number of halogens is 1. The molecule has 0 unspecified atom stereocenters. The Hall–Kier alpha value is -1.55. The molecule has 0 aliphatic carbocycles. The molecule has 1 aliphatic rings. The van der Waals surface area contributed by atoms with E-state index in [1.54, 1.807) is 13.0 Å². The summed E-state index contributed by atoms with van der Waals surface area (Å²) >= 11 is 6.05. The van der Waals surface area contributed by atoms with E-state index in [-0.39, 0.29) is 11.8 Å². The summed E-state index contributed by atoms with van der Waals surface area (Å²) in [7, 11) is 0. The van der Waals surface area contributed by atoms with Gasteiger partial charge < -0.3 is 10.2 Å². The van der Waals surface area contributed by atoms with Crippen LogP contribution in [-0.2, 0) is 16.0 Å². The minimum Gasteiger partial charge on any atom is -0.356 e. The molecule has 2 rings (SSSR count). The molecule has 0 spiro atoms. The quantitative estimate of drug-likeness (QED) is 0.927. The second kappa shape index (κ2) is 7.46. The molecule has 0 aromatic heterocycles. The Balaban J connectivity index is 1.73. The highest BCUT2D eigenvalue weighted by molar-refractivity contribution is 6.31. The van der Waals surface area contributed by atoms with Gasteiger partial charge in [-0.25, -0.2) is 0 Å². The van der Waals surface area contributed by atoms with Crippen molar-refractivity contribution in [2.75, 3.05) is 19.6 Å². The van der Waals surface area contributed by atoms with E-state index < -0.39 is 0 Å². The van der Waals surface area contributed by atoms with E-state index in [9.17, 15) is 9.59 Å². The molecule has 1 fully saturated rings. The van der Waals surface area contributed by atoms with E-state index in [1.807, 2.05) is 23.1 Å². The van der Waals surface area contributed by atoms with Crippen LogP contribution in [0.3, 0.4) is 0 Å². The average Bonchev–Trinajstić information content (AvgIpc) is 2.48. The maximum Gasteiger partial charge on any atom is 0.224 e. The number of hydrogen-bond acceptors (Lipinski definition) is 2. The number of carbonyl (C=O) groups excluding carboxylic acids is 2. The Labute approximate surface area is 130 Å². The first-order valence-electron chi connectivity index (χ1n) is 7.32. The van der Waals surface area contributed by atoms with Crippen molar-refractivity contribution in [3.63, 3.8) is 0 Å². The van der Waals surface area contributed by atoms with Gasteiger partial charge in [-0.05, 0) is 30.4 Å². The summed E-state index contributed by atoms with van der Waals surface area (Å²) in [5.74, 6) is 0.587. The summed E-state index contributed by atoms with van der Waals surface area (Å²) in [4.78, 5) is 25.1. The van der Waals surface area contributed by atoms with Crippen molar-refractivity contribution in [1.29, 1.82) is 0 Å². The van der Waals surface area contributed by atoms with Gasteiger partial charge in [0.2, 0.25) is 11.8 Å². The van der Waals surface area contributed by atoms with Gasteiger partial charge in [-0.3, -0.25) is 9.59 Å². The number of carbonyl (C=O) groups is 2. The van der Waals surface area contributed by atoms with Crippen molar-refractivity contribution in [2.24, 2.45) is 5.92 Å². The van der Waals surface area contributed by atoms with Crippen molar-refractivity contribution in [3.8, 4) is 0 Å². The van der Waals surface area contributed by atoms with Gasteiger partial charge >= 0.3 is 0 Å². The smallest absolute Gasteiger partial charge is 0.224 e. The molecule has 1 saturated heterocycles. The van der Waals surface area contributed by atoms with Crippen LogP contribution in [0.2, 0.25) is 5.02 Å². The van der Waals surface area contributed by atoms with Crippen LogP contribution in [0.5, 0.6) is 0 Å². The molecule has 1 heterocycles. The fourth-order valence-corrected chi connectivity index (χ4v) is 2.79. The lowest BCUT2D eigenvalue weighted by molar-refractivity contribution is -0.130. The van der Waals surface area contributed by atoms with E-state index in [4.69, 9.17) is 11.6 Å². The zero-order chi connectivity index (χ0) is 15.2. The van der Waals surface area contributed by atoms with Gasteiger partial charge in [-0.1, -0.05) is 29.8 Å². The molecule has 0 radical (unpaired) electrons. The molecule has 0 saturated carbocycles. The van der Waals surface area contributed by atoms with Gasteiger partial charge in [-0.2, -0.15) is 0 Å². The van der Waals surface area contributed by atoms with Gasteiger partial charge in [0.1, 0.15) is 0 Å². The molecule has 0 bridgehead atoms. The predicted octanol–water partition coefficient (Wildman–Crippen LogP) is 2.26. The Morgan fingerprint density at radius 1 is 1.29 bits per heavy atom. The fraction of sp³-hybridized carbons (Fsp3) is 0.500. The lowest BCUT2D eigenvalue weighted by Crippen LogP contribution is -2.40. The highest BCUT2D eigenvalue weighted by Crippen LogP contribution is 2.17. The third kappa shape index (κ3) is 4.74. The van der Waals surface area contributed by atoms with E-state index in [0.717, 1.165) is 31.5 Å². The summed E-state index contributed by atoms with van der Waals surface area (Å²) in [5.41, 5.74) is 0.850. The Morgan fingerprint density at radius 2 is 1.95 bits per heavy atom. The number of nitrogens with one attached hydrogen (secondary N) is 1. The summed E-state index contributed by atoms with van der Waals surface area (Å²) in [6, 6.07) is 7.40. The van der Waals surface area contributed by atoms with Crippen molar-refractivity contribution < 1.29 is 9.59 Å². The molecular weight excluding hydrogens is 288 g/mol. The van der Waals surface area contributed by atoms with Crippen LogP contribution in [-0.4, -0.2) is 36.3 Å². The maximum atomic E-state index is 11.9. The lowest BCUT2D eigenvalue weighted by atomic mass is 9.96. The van der Waals surface area contributed by atoms with Crippen molar-refractivity contribution in [3.05, 3.63) is 34.9 Å². The summed E-state index contributed by atoms with van der Waals surface area (Å²) in [6.45, 7) is 3.86. The van der Waals surface area contributed by atoms with Crippen LogP contribution >= 0.6 is 11.6 Å². The zero-order valence-electron chi connectivity index (χ0n) is 12.3. The molecule has 2 amide bonds. The highest BCUT2D eigenvalue weighted by atomic mass is 35.5. The molecular formula is C16H21ClN2O2. The van der Waals surface area contributed by atoms with Gasteiger partial charge in [-0.15, -0.1) is 0 Å². The number of amides is 2. The summed E-state index contributed by atoms with van der Waals surface area (Å²) < 4.78 is 0. The predicted molar refractivity (Wildman–Crippen MR) is 83.1 cm³/mol. The largest absolute Gasteiger partial charge is 0.356 e. The zero-order valence-corrected chi connectivity index (χ0v) is 13.0. The highest BCUT2D eigenvalue weighted by Gasteiger charge is 2.21. The number of hydrogen-bond donors (Lipinski definition) is 1. The molecule has 4 nitrogen and oxygen atoms in total. The SMILES string of the molecule is CC(=O)N1CCC(CNC(=O)Cc2ccccc2Cl)CC1. The van der Waals surface area contributed by atoms with Crippen molar-refractivity contribution in [2.45, 2.75) is 26.2 Å². The first kappa shape index (κ1) is 15.8. The monoisotopic (exact) mass is 308 g/mol. The Morgan fingerprint density at radius 3 is 2.57 bits per heavy atom. The maximum absolute atomic E-state index is 11.9. The third-order valence-corrected chi connectivity index (χ3v) is 4.33. The standard InChI is InChI=1S/C16H21ClN2O2/c1-12(20)19-8-6-13(7-9-19)11-18-16(21)10-14-4-2-3-5-15(14)17/h2-5,13H,6-11H2,1H3,(H,18,21). The molecule has 1 aromatic rings. The normalized spacial score (nSPS) is 15.8. The average molecular weight is 309 g/mol. The first-order chi connectivity index (χ1) is 10.1. The van der Waals surface area contributed by atoms with Crippen LogP contribution in [0.4, 0.5) is 0 Å². The fourth-order valence-electron chi connectivity index (χ4n) is 2.59. The van der Waals surface area contributed by atoms with E-state index in [1.165, 1.54) is 0 Å². The first-order valence-corrected chi connectivity index (χ1v) is 7.69. The van der Waals surface area contributed by atoms with Crippen LogP contribution < -0.4 is 5.32 Å². The third-order valence-electron chi connectivity index (χ3n) is 3.96. The number of likely N-dealkylation sites (tertiary alicyclic amines) is 1. The lowest BCUT2D eigenvalue weighted by Gasteiger charge is -2.31. The molecule has 1 N–H and O–H groups in total. The Kier molecular flexibility index (Phi) is 5.62. The summed E-state index contributed by atoms with van der Waals surface area (Å²) in [6.07, 6.45) is 2.21. The molecule has 1 aliphatic heterocycles. The van der Waals surface area contributed by atoms with Crippen LogP contribution in [0.25, 0.3) is 0 Å². The van der Waals surface area contributed by atoms with E-state index in [0.29, 0.717) is 23.9 Å². The second-order valence-corrected chi connectivity index (χ2v) is 5.93. The van der Waals surface area contributed by atoms with Crippen molar-refractivity contribution in [1.82, 2.24) is 10.2 Å². The summed E-state index contributed by atoms with van der Waals surface area (Å²) in [5, 5.41) is 3.60. The van der Waals surface area contributed by atoms with E-state index >= 15 is 0 Å². The molecule has 5 heteroatoms. The van der Waals surface area contributed by atoms with E-state index in [2.05, 4.69) is 5.32 Å². The minimum absolute atomic E-state index is 0.00269. The molecule has 114 valence electrons. The van der Waals surface area contributed by atoms with Crippen molar-refractivity contribution >= 4 is 23.4 Å². The van der Waals surface area contributed by atoms with Crippen LogP contribution in [0, 0.1) is 5.92 Å². The van der Waals surface area contributed by atoms with Gasteiger partial charge in [0.15, 0.2) is 0 Å². The molecule has 1 aromatic carbocycles. The second-order valence-electron chi connectivity index (χ2n) is 5.52. The molecule has 0 atom stereocenters. The number of rotatable bonds is 4. The number of piperidine rings is 1. The van der Waals surface area contributed by atoms with Crippen LogP contribution in [0.1, 0.15) is 25.3 Å². The topological polar surface area (TPSA) is 49.4 Å². The van der Waals surface area contributed by atoms with Gasteiger partial charge in [0.25, 0.3) is 0 Å². The van der Waals surface area contributed by atoms with Gasteiger partial charge in [0, 0.05) is 31.6 Å². The number of nitrogens with zero attached hydrogens (tertiary/aromatic N) is 1. The molecule has 21 heavy (non-hydrogen) atoms. The van der Waals surface area contributed by atoms with Gasteiger partial charge in [0.05, 0.1) is 6.42 Å². The minimum atomic E-state index is -0.00269. The Bertz CT molecular complexity index is 511.